The lowest BCUT2D eigenvalue weighted by atomic mass is 10.2. The zero-order valence-corrected chi connectivity index (χ0v) is 16.2. The molecule has 1 saturated heterocycles. The van der Waals surface area contributed by atoms with Crippen molar-refractivity contribution in [1.82, 2.24) is 15.2 Å². The highest BCUT2D eigenvalue weighted by Crippen LogP contribution is 2.23. The summed E-state index contributed by atoms with van der Waals surface area (Å²) < 4.78 is 19.1. The van der Waals surface area contributed by atoms with Crippen LogP contribution < -0.4 is 10.6 Å². The van der Waals surface area contributed by atoms with Gasteiger partial charge in [0.2, 0.25) is 5.91 Å². The molecule has 3 rings (SSSR count). The van der Waals surface area contributed by atoms with E-state index in [4.69, 9.17) is 4.74 Å². The molecule has 1 aliphatic rings. The maximum absolute atomic E-state index is 13.7. The number of halogens is 1. The van der Waals surface area contributed by atoms with Crippen molar-refractivity contribution >= 4 is 28.1 Å². The molecule has 27 heavy (non-hydrogen) atoms. The van der Waals surface area contributed by atoms with Crippen molar-refractivity contribution in [2.75, 3.05) is 38.2 Å². The van der Waals surface area contributed by atoms with E-state index in [1.54, 1.807) is 18.2 Å². The third-order valence-corrected chi connectivity index (χ3v) is 5.26. The van der Waals surface area contributed by atoms with Crippen LogP contribution in [0.15, 0.2) is 29.6 Å². The molecule has 0 aliphatic carbocycles. The highest BCUT2D eigenvalue weighted by molar-refractivity contribution is 7.13. The molecule has 146 valence electrons. The van der Waals surface area contributed by atoms with Crippen LogP contribution in [-0.2, 0) is 16.0 Å². The summed E-state index contributed by atoms with van der Waals surface area (Å²) in [5.74, 6) is -0.376. The summed E-state index contributed by atoms with van der Waals surface area (Å²) >= 11 is 1.36. The quantitative estimate of drug-likeness (QED) is 0.723. The summed E-state index contributed by atoms with van der Waals surface area (Å²) in [6, 6.07) is 6.56. The molecule has 2 aromatic rings. The van der Waals surface area contributed by atoms with Crippen LogP contribution in [-0.4, -0.2) is 54.7 Å². The summed E-state index contributed by atoms with van der Waals surface area (Å²) in [6.07, 6.45) is 1.09. The number of nitrogens with one attached hydrogen (secondary N) is 2. The van der Waals surface area contributed by atoms with Crippen LogP contribution in [0, 0.1) is 5.82 Å². The molecule has 0 unspecified atom stereocenters. The van der Waals surface area contributed by atoms with Gasteiger partial charge >= 0.3 is 0 Å². The highest BCUT2D eigenvalue weighted by atomic mass is 32.1. The number of nitrogens with zero attached hydrogens (tertiary/aromatic N) is 2. The number of carbonyl (C=O) groups is 1. The van der Waals surface area contributed by atoms with Crippen molar-refractivity contribution in [1.29, 1.82) is 0 Å². The van der Waals surface area contributed by atoms with E-state index in [1.165, 1.54) is 17.4 Å². The first-order valence-electron chi connectivity index (χ1n) is 9.19. The van der Waals surface area contributed by atoms with E-state index >= 15 is 0 Å². The average molecular weight is 393 g/mol. The number of carbonyl (C=O) groups excluding carboxylic acids is 1. The zero-order chi connectivity index (χ0) is 19.1. The normalized spacial score (nSPS) is 16.1. The number of thiazole rings is 1. The molecule has 0 radical (unpaired) electrons. The summed E-state index contributed by atoms with van der Waals surface area (Å²) in [7, 11) is 0. The molecule has 0 bridgehead atoms. The summed E-state index contributed by atoms with van der Waals surface area (Å²) in [6.45, 7) is 6.22. The third kappa shape index (κ3) is 5.98. The maximum Gasteiger partial charge on any atom is 0.226 e. The van der Waals surface area contributed by atoms with E-state index < -0.39 is 0 Å². The second kappa shape index (κ2) is 9.77. The van der Waals surface area contributed by atoms with Crippen LogP contribution in [0.2, 0.25) is 0 Å². The average Bonchev–Trinajstić information content (AvgIpc) is 3.10. The third-order valence-electron chi connectivity index (χ3n) is 4.45. The molecule has 1 fully saturated rings. The number of morpholine rings is 1. The largest absolute Gasteiger partial charge is 0.379 e. The topological polar surface area (TPSA) is 66.5 Å². The lowest BCUT2D eigenvalue weighted by molar-refractivity contribution is -0.121. The standard InChI is InChI=1S/C19H25FN4O2S/c1-2-14(12-24-7-9-26-10-8-24)21-18(25)11-15-13-27-19(22-15)23-17-6-4-3-5-16(17)20/h3-6,13-14H,2,7-12H2,1H3,(H,21,25)(H,22,23)/t14-/m1/s1. The number of amides is 1. The molecule has 0 saturated carbocycles. The van der Waals surface area contributed by atoms with Crippen LogP contribution >= 0.6 is 11.3 Å². The van der Waals surface area contributed by atoms with Gasteiger partial charge in [-0.3, -0.25) is 9.69 Å². The van der Waals surface area contributed by atoms with Crippen LogP contribution in [0.1, 0.15) is 19.0 Å². The van der Waals surface area contributed by atoms with Gasteiger partial charge in [0.25, 0.3) is 0 Å². The van der Waals surface area contributed by atoms with E-state index in [0.717, 1.165) is 39.3 Å². The van der Waals surface area contributed by atoms with Gasteiger partial charge in [0.1, 0.15) is 5.82 Å². The van der Waals surface area contributed by atoms with Crippen molar-refractivity contribution in [3.05, 3.63) is 41.2 Å². The number of ether oxygens (including phenoxy) is 1. The molecule has 1 aromatic carbocycles. The van der Waals surface area contributed by atoms with E-state index in [2.05, 4.69) is 27.4 Å². The Kier molecular flexibility index (Phi) is 7.14. The number of hydrogen-bond acceptors (Lipinski definition) is 6. The maximum atomic E-state index is 13.7. The number of anilines is 2. The Morgan fingerprint density at radius 3 is 2.89 bits per heavy atom. The Balaban J connectivity index is 1.50. The van der Waals surface area contributed by atoms with Crippen LogP contribution in [0.3, 0.4) is 0 Å². The monoisotopic (exact) mass is 392 g/mol. The Labute approximate surface area is 162 Å². The second-order valence-corrected chi connectivity index (χ2v) is 7.37. The predicted molar refractivity (Wildman–Crippen MR) is 105 cm³/mol. The van der Waals surface area contributed by atoms with Crippen LogP contribution in [0.4, 0.5) is 15.2 Å². The summed E-state index contributed by atoms with van der Waals surface area (Å²) in [5.41, 5.74) is 1.05. The minimum Gasteiger partial charge on any atom is -0.379 e. The number of aromatic nitrogens is 1. The Morgan fingerprint density at radius 2 is 2.15 bits per heavy atom. The number of para-hydroxylation sites is 1. The first-order valence-corrected chi connectivity index (χ1v) is 10.1. The molecule has 2 heterocycles. The van der Waals surface area contributed by atoms with Gasteiger partial charge in [-0.1, -0.05) is 19.1 Å². The molecule has 1 amide bonds. The van der Waals surface area contributed by atoms with Crippen LogP contribution in [0.25, 0.3) is 0 Å². The lowest BCUT2D eigenvalue weighted by Crippen LogP contribution is -2.47. The minimum atomic E-state index is -0.333. The van der Waals surface area contributed by atoms with E-state index in [1.807, 2.05) is 5.38 Å². The molecule has 1 aromatic heterocycles. The predicted octanol–water partition coefficient (Wildman–Crippen LogP) is 2.80. The highest BCUT2D eigenvalue weighted by Gasteiger charge is 2.18. The molecule has 0 spiro atoms. The molecular formula is C19H25FN4O2S. The Hall–Kier alpha value is -2.03. The SMILES string of the molecule is CC[C@H](CN1CCOCC1)NC(=O)Cc1csc(Nc2ccccc2F)n1. The minimum absolute atomic E-state index is 0.0437. The van der Waals surface area contributed by atoms with Gasteiger partial charge < -0.3 is 15.4 Å². The van der Waals surface area contributed by atoms with Gasteiger partial charge in [-0.2, -0.15) is 0 Å². The fourth-order valence-corrected chi connectivity index (χ4v) is 3.66. The van der Waals surface area contributed by atoms with Crippen molar-refractivity contribution in [3.63, 3.8) is 0 Å². The van der Waals surface area contributed by atoms with E-state index in [0.29, 0.717) is 16.5 Å². The van der Waals surface area contributed by atoms with E-state index in [-0.39, 0.29) is 24.2 Å². The first-order chi connectivity index (χ1) is 13.1. The van der Waals surface area contributed by atoms with Crippen molar-refractivity contribution in [3.8, 4) is 0 Å². The van der Waals surface area contributed by atoms with Crippen LogP contribution in [0.5, 0.6) is 0 Å². The number of rotatable bonds is 8. The van der Waals surface area contributed by atoms with Gasteiger partial charge in [0.05, 0.1) is 31.0 Å². The second-order valence-electron chi connectivity index (χ2n) is 6.51. The van der Waals surface area contributed by atoms with Crippen molar-refractivity contribution in [2.45, 2.75) is 25.8 Å². The molecule has 2 N–H and O–H groups in total. The van der Waals surface area contributed by atoms with Crippen molar-refractivity contribution in [2.24, 2.45) is 0 Å². The lowest BCUT2D eigenvalue weighted by Gasteiger charge is -2.30. The first kappa shape index (κ1) is 19.7. The Bertz CT molecular complexity index is 749. The van der Waals surface area contributed by atoms with E-state index in [9.17, 15) is 9.18 Å². The Morgan fingerprint density at radius 1 is 1.37 bits per heavy atom. The summed E-state index contributed by atoms with van der Waals surface area (Å²) in [5, 5.41) is 8.45. The van der Waals surface area contributed by atoms with Gasteiger partial charge in [-0.15, -0.1) is 11.3 Å². The summed E-state index contributed by atoms with van der Waals surface area (Å²) in [4.78, 5) is 19.1. The smallest absolute Gasteiger partial charge is 0.226 e. The fraction of sp³-hybridized carbons (Fsp3) is 0.474. The molecule has 1 atom stereocenters. The van der Waals surface area contributed by atoms with Gasteiger partial charge in [0, 0.05) is 31.1 Å². The van der Waals surface area contributed by atoms with Crippen molar-refractivity contribution < 1.29 is 13.9 Å². The van der Waals surface area contributed by atoms with Gasteiger partial charge in [-0.05, 0) is 18.6 Å². The molecule has 1 aliphatic heterocycles. The van der Waals surface area contributed by atoms with Gasteiger partial charge in [-0.25, -0.2) is 9.37 Å². The van der Waals surface area contributed by atoms with Gasteiger partial charge in [0.15, 0.2) is 5.13 Å². The molecule has 8 heteroatoms. The zero-order valence-electron chi connectivity index (χ0n) is 15.4. The fourth-order valence-electron chi connectivity index (χ4n) is 2.94. The molecule has 6 nitrogen and oxygen atoms in total. The number of benzene rings is 1. The molecular weight excluding hydrogens is 367 g/mol. The number of hydrogen-bond donors (Lipinski definition) is 2.